The Kier molecular flexibility index (Phi) is 4.57. The smallest absolute Gasteiger partial charge is 0.255 e. The molecule has 0 aliphatic carbocycles. The monoisotopic (exact) mass is 354 g/mol. The number of carbonyl (C=O) groups excluding carboxylic acids is 3. The minimum absolute atomic E-state index is 0.130. The van der Waals surface area contributed by atoms with Crippen LogP contribution in [0.4, 0.5) is 0 Å². The molecule has 0 radical (unpaired) electrons. The Labute approximate surface area is 151 Å². The summed E-state index contributed by atoms with van der Waals surface area (Å²) in [6.07, 6.45) is 4.94. The number of hydrogen-bond donors (Lipinski definition) is 3. The van der Waals surface area contributed by atoms with E-state index in [1.165, 1.54) is 0 Å². The van der Waals surface area contributed by atoms with E-state index in [0.717, 1.165) is 30.8 Å². The molecule has 4 rings (SSSR count). The number of benzene rings is 1. The highest BCUT2D eigenvalue weighted by Crippen LogP contribution is 2.28. The largest absolute Gasteiger partial charge is 0.322 e. The highest BCUT2D eigenvalue weighted by molar-refractivity contribution is 6.05. The van der Waals surface area contributed by atoms with Crippen LogP contribution < -0.4 is 16.0 Å². The number of carbonyl (C=O) groups is 3. The van der Waals surface area contributed by atoms with Gasteiger partial charge in [-0.2, -0.15) is 0 Å². The van der Waals surface area contributed by atoms with Gasteiger partial charge in [-0.3, -0.25) is 19.7 Å². The van der Waals surface area contributed by atoms with Gasteiger partial charge in [0.15, 0.2) is 0 Å². The fraction of sp³-hybridized carbons (Fsp3) is 0.421. The van der Waals surface area contributed by atoms with Crippen molar-refractivity contribution in [2.45, 2.75) is 38.0 Å². The Morgan fingerprint density at radius 3 is 2.88 bits per heavy atom. The third kappa shape index (κ3) is 3.27. The summed E-state index contributed by atoms with van der Waals surface area (Å²) in [5.41, 5.74) is 2.71. The maximum Gasteiger partial charge on any atom is 0.255 e. The molecule has 7 nitrogen and oxygen atoms in total. The van der Waals surface area contributed by atoms with E-state index in [-0.39, 0.29) is 24.1 Å². The van der Waals surface area contributed by atoms with Crippen molar-refractivity contribution >= 4 is 17.7 Å². The summed E-state index contributed by atoms with van der Waals surface area (Å²) in [6, 6.07) is 5.64. The molecule has 0 spiro atoms. The van der Waals surface area contributed by atoms with E-state index in [0.29, 0.717) is 24.6 Å². The molecule has 3 aliphatic heterocycles. The van der Waals surface area contributed by atoms with Crippen LogP contribution in [0.15, 0.2) is 30.4 Å². The maximum absolute atomic E-state index is 12.7. The molecule has 1 fully saturated rings. The third-order valence-electron chi connectivity index (χ3n) is 5.15. The predicted molar refractivity (Wildman–Crippen MR) is 95.1 cm³/mol. The predicted octanol–water partition coefficient (Wildman–Crippen LogP) is 0.0652. The Balaban J connectivity index is 1.40. The summed E-state index contributed by atoms with van der Waals surface area (Å²) in [5, 5.41) is 9.10. The first-order valence-electron chi connectivity index (χ1n) is 8.99. The van der Waals surface area contributed by atoms with E-state index in [1.807, 2.05) is 18.2 Å². The number of amides is 3. The normalized spacial score (nSPS) is 24.9. The van der Waals surface area contributed by atoms with Crippen LogP contribution >= 0.6 is 0 Å². The molecule has 1 aromatic carbocycles. The summed E-state index contributed by atoms with van der Waals surface area (Å²) in [4.78, 5) is 37.6. The van der Waals surface area contributed by atoms with Gasteiger partial charge in [0.1, 0.15) is 6.04 Å². The number of hydrogen-bond acceptors (Lipinski definition) is 5. The molecule has 3 amide bonds. The second-order valence-electron chi connectivity index (χ2n) is 6.97. The van der Waals surface area contributed by atoms with Crippen molar-refractivity contribution in [1.29, 1.82) is 0 Å². The van der Waals surface area contributed by atoms with Crippen LogP contribution in [0.2, 0.25) is 0 Å². The molecule has 3 heterocycles. The molecular formula is C19H22N4O3. The number of nitrogens with one attached hydrogen (secondary N) is 3. The maximum atomic E-state index is 12.7. The molecular weight excluding hydrogens is 332 g/mol. The highest BCUT2D eigenvalue weighted by atomic mass is 16.2. The first-order chi connectivity index (χ1) is 12.6. The lowest BCUT2D eigenvalue weighted by Crippen LogP contribution is -2.52. The molecule has 3 N–H and O–H groups in total. The van der Waals surface area contributed by atoms with Crippen molar-refractivity contribution in [2.75, 3.05) is 13.1 Å². The lowest BCUT2D eigenvalue weighted by Gasteiger charge is -2.29. The second-order valence-corrected chi connectivity index (χ2v) is 6.97. The van der Waals surface area contributed by atoms with Crippen molar-refractivity contribution in [3.05, 3.63) is 47.0 Å². The molecule has 3 aliphatic rings. The van der Waals surface area contributed by atoms with Gasteiger partial charge in [0.05, 0.1) is 0 Å². The Hall–Kier alpha value is -2.51. The number of rotatable bonds is 5. The molecule has 26 heavy (non-hydrogen) atoms. The molecule has 0 aromatic heterocycles. The van der Waals surface area contributed by atoms with Gasteiger partial charge in [-0.25, -0.2) is 0 Å². The molecule has 2 unspecified atom stereocenters. The van der Waals surface area contributed by atoms with Gasteiger partial charge in [0, 0.05) is 44.2 Å². The standard InChI is InChI=1S/C19H22N4O3/c24-17-6-5-16(18(25)22-17)23-11-13-8-12(3-4-15(13)19(23)26)9-20-10-14-2-1-7-21-14/h1-4,8,14,16,20-21H,5-7,9-11H2,(H,22,24,25). The first-order valence-corrected chi connectivity index (χ1v) is 8.99. The summed E-state index contributed by atoms with van der Waals surface area (Å²) >= 11 is 0. The Morgan fingerprint density at radius 1 is 1.23 bits per heavy atom. The van der Waals surface area contributed by atoms with Crippen LogP contribution in [-0.2, 0) is 22.7 Å². The fourth-order valence-corrected chi connectivity index (χ4v) is 3.77. The van der Waals surface area contributed by atoms with Crippen molar-refractivity contribution < 1.29 is 14.4 Å². The molecule has 0 bridgehead atoms. The van der Waals surface area contributed by atoms with Crippen LogP contribution in [0.5, 0.6) is 0 Å². The zero-order valence-corrected chi connectivity index (χ0v) is 14.5. The molecule has 0 saturated carbocycles. The van der Waals surface area contributed by atoms with Crippen LogP contribution in [-0.4, -0.2) is 47.8 Å². The quantitative estimate of drug-likeness (QED) is 0.514. The number of piperidine rings is 1. The fourth-order valence-electron chi connectivity index (χ4n) is 3.77. The van der Waals surface area contributed by atoms with Gasteiger partial charge in [0.2, 0.25) is 11.8 Å². The van der Waals surface area contributed by atoms with Gasteiger partial charge >= 0.3 is 0 Å². The average molecular weight is 354 g/mol. The number of nitrogens with zero attached hydrogens (tertiary/aromatic N) is 1. The van der Waals surface area contributed by atoms with Crippen molar-refractivity contribution in [1.82, 2.24) is 20.9 Å². The van der Waals surface area contributed by atoms with Crippen LogP contribution in [0.1, 0.15) is 34.3 Å². The van der Waals surface area contributed by atoms with Crippen LogP contribution in [0.3, 0.4) is 0 Å². The van der Waals surface area contributed by atoms with Crippen molar-refractivity contribution in [3.63, 3.8) is 0 Å². The van der Waals surface area contributed by atoms with E-state index < -0.39 is 6.04 Å². The van der Waals surface area contributed by atoms with Gasteiger partial charge in [-0.1, -0.05) is 24.3 Å². The summed E-state index contributed by atoms with van der Waals surface area (Å²) < 4.78 is 0. The summed E-state index contributed by atoms with van der Waals surface area (Å²) in [7, 11) is 0. The summed E-state index contributed by atoms with van der Waals surface area (Å²) in [5.74, 6) is -0.772. The lowest BCUT2D eigenvalue weighted by molar-refractivity contribution is -0.136. The molecule has 7 heteroatoms. The Bertz CT molecular complexity index is 789. The van der Waals surface area contributed by atoms with Gasteiger partial charge < -0.3 is 15.5 Å². The van der Waals surface area contributed by atoms with Gasteiger partial charge in [0.25, 0.3) is 5.91 Å². The summed E-state index contributed by atoms with van der Waals surface area (Å²) in [6.45, 7) is 2.92. The van der Waals surface area contributed by atoms with Crippen molar-refractivity contribution in [2.24, 2.45) is 0 Å². The minimum atomic E-state index is -0.561. The topological polar surface area (TPSA) is 90.5 Å². The number of imide groups is 1. The Morgan fingerprint density at radius 2 is 2.12 bits per heavy atom. The van der Waals surface area contributed by atoms with E-state index in [4.69, 9.17) is 0 Å². The molecule has 2 atom stereocenters. The minimum Gasteiger partial charge on any atom is -0.322 e. The van der Waals surface area contributed by atoms with Gasteiger partial charge in [-0.15, -0.1) is 0 Å². The third-order valence-corrected chi connectivity index (χ3v) is 5.15. The molecule has 1 saturated heterocycles. The first kappa shape index (κ1) is 16.9. The van der Waals surface area contributed by atoms with Crippen molar-refractivity contribution in [3.8, 4) is 0 Å². The van der Waals surface area contributed by atoms with E-state index >= 15 is 0 Å². The zero-order valence-electron chi connectivity index (χ0n) is 14.5. The SMILES string of the molecule is O=C1CCC(N2Cc3cc(CNCC4C=CCN4)ccc3C2=O)C(=O)N1. The van der Waals surface area contributed by atoms with Crippen LogP contribution in [0.25, 0.3) is 0 Å². The molecule has 136 valence electrons. The van der Waals surface area contributed by atoms with Crippen LogP contribution in [0, 0.1) is 0 Å². The van der Waals surface area contributed by atoms with E-state index in [2.05, 4.69) is 28.1 Å². The average Bonchev–Trinajstić information content (AvgIpc) is 3.23. The van der Waals surface area contributed by atoms with E-state index in [1.54, 1.807) is 4.90 Å². The van der Waals surface area contributed by atoms with E-state index in [9.17, 15) is 14.4 Å². The molecule has 1 aromatic rings. The second kappa shape index (κ2) is 7.01. The number of fused-ring (bicyclic) bond motifs is 1. The lowest BCUT2D eigenvalue weighted by atomic mass is 10.0. The highest BCUT2D eigenvalue weighted by Gasteiger charge is 2.38. The van der Waals surface area contributed by atoms with Gasteiger partial charge in [-0.05, 0) is 23.6 Å². The zero-order chi connectivity index (χ0) is 18.1.